The Bertz CT molecular complexity index is 807. The molecule has 1 aliphatic rings. The molecule has 1 amide bonds. The molecular formula is C16H17F3N4O3S. The van der Waals surface area contributed by atoms with Gasteiger partial charge >= 0.3 is 12.1 Å². The van der Waals surface area contributed by atoms with Crippen molar-refractivity contribution in [2.45, 2.75) is 43.9 Å². The molecule has 11 heteroatoms. The van der Waals surface area contributed by atoms with Crippen molar-refractivity contribution >= 4 is 30.2 Å². The molecular weight excluding hydrogens is 385 g/mol. The number of thiol groups is 1. The second kappa shape index (κ2) is 7.36. The lowest BCUT2D eigenvalue weighted by atomic mass is 10.0. The topological polar surface area (TPSA) is 97.5 Å². The molecule has 1 aromatic heterocycles. The number of nitrogens with zero attached hydrogens (tertiary/aromatic N) is 4. The van der Waals surface area contributed by atoms with Crippen LogP contribution < -0.4 is 4.90 Å². The maximum absolute atomic E-state index is 13.2. The Labute approximate surface area is 158 Å². The highest BCUT2D eigenvalue weighted by atomic mass is 32.1. The van der Waals surface area contributed by atoms with Gasteiger partial charge in [-0.25, -0.2) is 4.98 Å². The van der Waals surface area contributed by atoms with Crippen LogP contribution in [-0.4, -0.2) is 44.4 Å². The number of anilines is 1. The van der Waals surface area contributed by atoms with Crippen LogP contribution in [0.5, 0.6) is 0 Å². The number of carboxylic acid groups (broad SMARTS) is 1. The Morgan fingerprint density at radius 1 is 1.48 bits per heavy atom. The van der Waals surface area contributed by atoms with Gasteiger partial charge in [-0.1, -0.05) is 0 Å². The number of amides is 1. The number of halogens is 3. The first kappa shape index (κ1) is 21.0. The lowest BCUT2D eigenvalue weighted by Gasteiger charge is -2.30. The molecule has 0 bridgehead atoms. The molecule has 0 aliphatic carbocycles. The number of aromatic nitrogens is 1. The van der Waals surface area contributed by atoms with E-state index in [1.54, 1.807) is 18.7 Å². The number of alkyl halides is 3. The molecule has 1 unspecified atom stereocenters. The molecule has 1 atom stereocenters. The third kappa shape index (κ3) is 4.01. The third-order valence-corrected chi connectivity index (χ3v) is 4.83. The second-order valence-corrected chi connectivity index (χ2v) is 6.93. The summed E-state index contributed by atoms with van der Waals surface area (Å²) in [6.45, 7) is 3.38. The summed E-state index contributed by atoms with van der Waals surface area (Å²) in [5, 5.41) is 17.6. The van der Waals surface area contributed by atoms with Crippen molar-refractivity contribution in [2.75, 3.05) is 11.4 Å². The number of carbonyl (C=O) groups is 2. The largest absolute Gasteiger partial charge is 0.481 e. The number of nitriles is 1. The molecule has 2 heterocycles. The summed E-state index contributed by atoms with van der Waals surface area (Å²) in [7, 11) is 0. The van der Waals surface area contributed by atoms with Crippen LogP contribution >= 0.6 is 12.6 Å². The Kier molecular flexibility index (Phi) is 5.72. The van der Waals surface area contributed by atoms with Crippen molar-refractivity contribution in [3.05, 3.63) is 23.5 Å². The van der Waals surface area contributed by atoms with Crippen molar-refractivity contribution in [1.82, 2.24) is 9.88 Å². The fraction of sp³-hybridized carbons (Fsp3) is 0.500. The van der Waals surface area contributed by atoms with Crippen LogP contribution in [0.25, 0.3) is 0 Å². The van der Waals surface area contributed by atoms with Crippen molar-refractivity contribution in [2.24, 2.45) is 0 Å². The minimum absolute atomic E-state index is 0.113. The van der Waals surface area contributed by atoms with Crippen molar-refractivity contribution < 1.29 is 27.9 Å². The van der Waals surface area contributed by atoms with Crippen LogP contribution in [0.1, 0.15) is 37.9 Å². The van der Waals surface area contributed by atoms with Gasteiger partial charge in [0.1, 0.15) is 11.6 Å². The van der Waals surface area contributed by atoms with E-state index in [4.69, 9.17) is 10.4 Å². The Hall–Kier alpha value is -2.32. The zero-order valence-electron chi connectivity index (χ0n) is 14.5. The van der Waals surface area contributed by atoms with Gasteiger partial charge in [0, 0.05) is 13.0 Å². The number of aliphatic carboxylic acids is 1. The van der Waals surface area contributed by atoms with E-state index in [-0.39, 0.29) is 25.1 Å². The summed E-state index contributed by atoms with van der Waals surface area (Å²) in [4.78, 5) is 29.7. The molecule has 1 saturated heterocycles. The minimum atomic E-state index is -4.81. The third-order valence-electron chi connectivity index (χ3n) is 4.32. The maximum Gasteiger partial charge on any atom is 0.419 e. The van der Waals surface area contributed by atoms with Crippen LogP contribution in [0.3, 0.4) is 0 Å². The van der Waals surface area contributed by atoms with Crippen LogP contribution in [0.15, 0.2) is 12.3 Å². The summed E-state index contributed by atoms with van der Waals surface area (Å²) in [6, 6.07) is 2.08. The zero-order valence-corrected chi connectivity index (χ0v) is 15.4. The average Bonchev–Trinajstić information content (AvgIpc) is 2.73. The molecule has 1 aromatic rings. The molecule has 1 N–H and O–H groups in total. The van der Waals surface area contributed by atoms with Gasteiger partial charge < -0.3 is 5.11 Å². The second-order valence-electron chi connectivity index (χ2n) is 6.47. The van der Waals surface area contributed by atoms with E-state index in [1.807, 2.05) is 0 Å². The average molecular weight is 402 g/mol. The van der Waals surface area contributed by atoms with Gasteiger partial charge in [-0.05, 0) is 26.3 Å². The monoisotopic (exact) mass is 402 g/mol. The SMILES string of the molecule is CC1(C)C(=O)N(c2cnc(C#N)c(C(F)(F)F)c2)C(S)N1CCCC(=O)O. The lowest BCUT2D eigenvalue weighted by Crippen LogP contribution is -2.45. The van der Waals surface area contributed by atoms with Gasteiger partial charge in [-0.3, -0.25) is 19.4 Å². The first-order valence-corrected chi connectivity index (χ1v) is 8.40. The molecule has 0 aromatic carbocycles. The number of rotatable bonds is 5. The molecule has 146 valence electrons. The van der Waals surface area contributed by atoms with E-state index >= 15 is 0 Å². The summed E-state index contributed by atoms with van der Waals surface area (Å²) in [5.74, 6) is -1.49. The fourth-order valence-corrected chi connectivity index (χ4v) is 3.53. The van der Waals surface area contributed by atoms with Gasteiger partial charge in [-0.15, -0.1) is 12.6 Å². The fourth-order valence-electron chi connectivity index (χ4n) is 2.89. The summed E-state index contributed by atoms with van der Waals surface area (Å²) in [6.07, 6.45) is -3.65. The molecule has 0 saturated carbocycles. The van der Waals surface area contributed by atoms with Gasteiger partial charge in [0.05, 0.1) is 23.0 Å². The highest BCUT2D eigenvalue weighted by Crippen LogP contribution is 2.39. The van der Waals surface area contributed by atoms with E-state index in [1.165, 1.54) is 6.07 Å². The standard InChI is InChI=1S/C16H17F3N4O3S/c1-15(2)13(26)23(14(27)22(15)5-3-4-12(24)25)9-6-10(16(17,18)19)11(7-20)21-8-9/h6,8,14,27H,3-5H2,1-2H3,(H,24,25). The van der Waals surface area contributed by atoms with Gasteiger partial charge in [0.15, 0.2) is 5.69 Å². The molecule has 0 radical (unpaired) electrons. The lowest BCUT2D eigenvalue weighted by molar-refractivity contribution is -0.138. The number of hydrogen-bond donors (Lipinski definition) is 2. The summed E-state index contributed by atoms with van der Waals surface area (Å²) < 4.78 is 39.6. The molecule has 1 aliphatic heterocycles. The summed E-state index contributed by atoms with van der Waals surface area (Å²) >= 11 is 4.36. The van der Waals surface area contributed by atoms with E-state index in [0.29, 0.717) is 6.07 Å². The smallest absolute Gasteiger partial charge is 0.419 e. The van der Waals surface area contributed by atoms with Gasteiger partial charge in [-0.2, -0.15) is 18.4 Å². The van der Waals surface area contributed by atoms with Crippen LogP contribution in [0.4, 0.5) is 18.9 Å². The quantitative estimate of drug-likeness (QED) is 0.735. The van der Waals surface area contributed by atoms with Crippen molar-refractivity contribution in [3.8, 4) is 6.07 Å². The molecule has 0 spiro atoms. The molecule has 27 heavy (non-hydrogen) atoms. The number of hydrogen-bond acceptors (Lipinski definition) is 6. The number of pyridine rings is 1. The Morgan fingerprint density at radius 3 is 2.63 bits per heavy atom. The predicted molar refractivity (Wildman–Crippen MR) is 91.9 cm³/mol. The van der Waals surface area contributed by atoms with E-state index in [9.17, 15) is 22.8 Å². The van der Waals surface area contributed by atoms with E-state index < -0.39 is 40.3 Å². The normalized spacial score (nSPS) is 20.0. The Morgan fingerprint density at radius 2 is 2.11 bits per heavy atom. The maximum atomic E-state index is 13.2. The molecule has 2 rings (SSSR count). The van der Waals surface area contributed by atoms with E-state index in [0.717, 1.165) is 11.1 Å². The van der Waals surface area contributed by atoms with E-state index in [2.05, 4.69) is 17.6 Å². The molecule has 1 fully saturated rings. The van der Waals surface area contributed by atoms with Crippen LogP contribution in [-0.2, 0) is 15.8 Å². The highest BCUT2D eigenvalue weighted by Gasteiger charge is 2.51. The number of carbonyl (C=O) groups excluding carboxylic acids is 1. The number of carboxylic acids is 1. The first-order chi connectivity index (χ1) is 12.4. The molecule has 7 nitrogen and oxygen atoms in total. The van der Waals surface area contributed by atoms with Crippen molar-refractivity contribution in [1.29, 1.82) is 5.26 Å². The van der Waals surface area contributed by atoms with Gasteiger partial charge in [0.25, 0.3) is 0 Å². The summed E-state index contributed by atoms with van der Waals surface area (Å²) in [5.41, 5.74) is -4.17. The predicted octanol–water partition coefficient (Wildman–Crippen LogP) is 2.48. The Balaban J connectivity index is 2.40. The van der Waals surface area contributed by atoms with Gasteiger partial charge in [0.2, 0.25) is 5.91 Å². The minimum Gasteiger partial charge on any atom is -0.481 e. The van der Waals surface area contributed by atoms with Crippen molar-refractivity contribution in [3.63, 3.8) is 0 Å². The van der Waals surface area contributed by atoms with Crippen LogP contribution in [0.2, 0.25) is 0 Å². The highest BCUT2D eigenvalue weighted by molar-refractivity contribution is 7.81. The zero-order chi connectivity index (χ0) is 20.6. The first-order valence-electron chi connectivity index (χ1n) is 7.89. The van der Waals surface area contributed by atoms with Crippen LogP contribution in [0, 0.1) is 11.3 Å².